The second-order valence-electron chi connectivity index (χ2n) is 7.81. The van der Waals surface area contributed by atoms with Gasteiger partial charge in [0, 0.05) is 0 Å². The first kappa shape index (κ1) is 30.2. The van der Waals surface area contributed by atoms with Crippen molar-refractivity contribution in [3.63, 3.8) is 0 Å². The van der Waals surface area contributed by atoms with Crippen molar-refractivity contribution in [3.8, 4) is 0 Å². The molecule has 0 aliphatic carbocycles. The fourth-order valence-electron chi connectivity index (χ4n) is 2.22. The molecule has 194 valence electrons. The fourth-order valence-corrected chi connectivity index (χ4v) is 2.66. The Kier molecular flexibility index (Phi) is 10.2. The molecular weight excluding hydrogens is 531 g/mol. The van der Waals surface area contributed by atoms with E-state index in [1.807, 2.05) is 0 Å². The summed E-state index contributed by atoms with van der Waals surface area (Å²) >= 11 is 11.1. The van der Waals surface area contributed by atoms with Crippen LogP contribution in [0.25, 0.3) is 0 Å². The number of hydrogen-bond donors (Lipinski definition) is 2. The molecule has 0 aliphatic rings. The van der Waals surface area contributed by atoms with E-state index in [0.29, 0.717) is 0 Å². The van der Waals surface area contributed by atoms with Crippen LogP contribution >= 0.6 is 23.2 Å². The number of ether oxygens (including phenoxy) is 1. The molecule has 0 spiro atoms. The van der Waals surface area contributed by atoms with E-state index in [1.165, 1.54) is 6.07 Å². The van der Waals surface area contributed by atoms with Gasteiger partial charge in [-0.1, -0.05) is 35.3 Å². The second-order valence-corrected chi connectivity index (χ2v) is 8.52. The SMILES string of the molecule is CC(C)(C)OC(=O)Nc1ccc(CC(F)(F)F)c(Cl)n1.O=C(O)c1ccc(CC(F)(F)F)c(Cl)n1. The lowest BCUT2D eigenvalue weighted by Crippen LogP contribution is -2.27. The Bertz CT molecular complexity index is 1060. The van der Waals surface area contributed by atoms with Gasteiger partial charge in [-0.25, -0.2) is 19.6 Å². The van der Waals surface area contributed by atoms with Gasteiger partial charge in [-0.2, -0.15) is 26.3 Å². The average Bonchev–Trinajstić information content (AvgIpc) is 2.62. The molecule has 0 aromatic carbocycles. The molecule has 2 aromatic rings. The van der Waals surface area contributed by atoms with Crippen molar-refractivity contribution < 1.29 is 45.8 Å². The summed E-state index contributed by atoms with van der Waals surface area (Å²) < 4.78 is 77.6. The van der Waals surface area contributed by atoms with Gasteiger partial charge in [0.05, 0.1) is 12.8 Å². The number of carboxylic acids is 1. The minimum atomic E-state index is -4.39. The molecule has 0 atom stereocenters. The molecule has 15 heteroatoms. The third kappa shape index (κ3) is 12.5. The number of alkyl halides is 6. The molecule has 2 heterocycles. The number of anilines is 1. The molecule has 0 saturated heterocycles. The highest BCUT2D eigenvalue weighted by Crippen LogP contribution is 2.27. The van der Waals surface area contributed by atoms with Crippen LogP contribution in [-0.2, 0) is 17.6 Å². The monoisotopic (exact) mass is 549 g/mol. The van der Waals surface area contributed by atoms with Crippen molar-refractivity contribution in [1.29, 1.82) is 0 Å². The zero-order chi connectivity index (χ0) is 27.2. The Balaban J connectivity index is 0.000000365. The van der Waals surface area contributed by atoms with E-state index in [9.17, 15) is 35.9 Å². The van der Waals surface area contributed by atoms with Crippen LogP contribution in [0, 0.1) is 0 Å². The standard InChI is InChI=1S/C12H14ClF3N2O2.C8H5ClF3NO2/c1-11(2,3)20-10(19)18-8-5-4-7(9(13)17-8)6-12(14,15)16;9-6-4(3-8(10,11)12)1-2-5(13-6)7(14)15/h4-5H,6H2,1-3H3,(H,17,18,19);1-2H,3H2,(H,14,15). The summed E-state index contributed by atoms with van der Waals surface area (Å²) in [4.78, 5) is 28.9. The summed E-state index contributed by atoms with van der Waals surface area (Å²) in [5.74, 6) is -1.31. The van der Waals surface area contributed by atoms with Crippen molar-refractivity contribution >= 4 is 41.1 Å². The van der Waals surface area contributed by atoms with E-state index in [4.69, 9.17) is 33.0 Å². The topological polar surface area (TPSA) is 101 Å². The molecule has 0 bridgehead atoms. The lowest BCUT2D eigenvalue weighted by molar-refractivity contribution is -0.128. The molecule has 0 saturated carbocycles. The minimum absolute atomic E-state index is 0.0233. The van der Waals surface area contributed by atoms with Gasteiger partial charge in [-0.3, -0.25) is 5.32 Å². The largest absolute Gasteiger partial charge is 0.477 e. The third-order valence-electron chi connectivity index (χ3n) is 3.48. The Labute approximate surface area is 205 Å². The minimum Gasteiger partial charge on any atom is -0.477 e. The van der Waals surface area contributed by atoms with Crippen LogP contribution in [0.4, 0.5) is 37.0 Å². The van der Waals surface area contributed by atoms with Crippen LogP contribution in [0.3, 0.4) is 0 Å². The molecule has 0 aliphatic heterocycles. The second kappa shape index (κ2) is 11.8. The molecule has 2 N–H and O–H groups in total. The fraction of sp³-hybridized carbons (Fsp3) is 0.400. The summed E-state index contributed by atoms with van der Waals surface area (Å²) in [5.41, 5.74) is -1.47. The van der Waals surface area contributed by atoms with Crippen LogP contribution in [0.5, 0.6) is 0 Å². The third-order valence-corrected chi connectivity index (χ3v) is 4.14. The Hall–Kier alpha value is -2.80. The van der Waals surface area contributed by atoms with Gasteiger partial charge < -0.3 is 9.84 Å². The summed E-state index contributed by atoms with van der Waals surface area (Å²) in [6.07, 6.45) is -11.9. The maximum absolute atomic E-state index is 12.2. The van der Waals surface area contributed by atoms with Crippen molar-refractivity contribution in [2.24, 2.45) is 0 Å². The zero-order valence-corrected chi connectivity index (χ0v) is 19.8. The maximum Gasteiger partial charge on any atom is 0.413 e. The number of aromatic nitrogens is 2. The summed E-state index contributed by atoms with van der Waals surface area (Å²) in [7, 11) is 0. The predicted octanol–water partition coefficient (Wildman–Crippen LogP) is 6.72. The lowest BCUT2D eigenvalue weighted by atomic mass is 10.2. The van der Waals surface area contributed by atoms with Gasteiger partial charge in [0.1, 0.15) is 27.4 Å². The number of carbonyl (C=O) groups excluding carboxylic acids is 1. The van der Waals surface area contributed by atoms with E-state index >= 15 is 0 Å². The number of halogens is 8. The Morgan fingerprint density at radius 1 is 0.886 bits per heavy atom. The van der Waals surface area contributed by atoms with E-state index in [2.05, 4.69) is 15.3 Å². The molecule has 0 fully saturated rings. The highest BCUT2D eigenvalue weighted by molar-refractivity contribution is 6.30. The highest BCUT2D eigenvalue weighted by atomic mass is 35.5. The summed E-state index contributed by atoms with van der Waals surface area (Å²) in [6.45, 7) is 5.04. The molecule has 0 unspecified atom stereocenters. The van der Waals surface area contributed by atoms with Crippen molar-refractivity contribution in [1.82, 2.24) is 9.97 Å². The molecule has 1 amide bonds. The number of hydrogen-bond acceptors (Lipinski definition) is 5. The number of carboxylic acid groups (broad SMARTS) is 1. The van der Waals surface area contributed by atoms with Gasteiger partial charge in [-0.05, 0) is 44.0 Å². The van der Waals surface area contributed by atoms with Gasteiger partial charge in [0.25, 0.3) is 0 Å². The highest BCUT2D eigenvalue weighted by Gasteiger charge is 2.30. The van der Waals surface area contributed by atoms with E-state index in [1.54, 1.807) is 20.8 Å². The molecule has 2 aromatic heterocycles. The van der Waals surface area contributed by atoms with Crippen molar-refractivity contribution in [2.75, 3.05) is 5.32 Å². The Morgan fingerprint density at radius 2 is 1.34 bits per heavy atom. The first-order valence-corrected chi connectivity index (χ1v) is 10.2. The van der Waals surface area contributed by atoms with E-state index in [0.717, 1.165) is 18.2 Å². The number of nitrogens with zero attached hydrogens (tertiary/aromatic N) is 2. The first-order chi connectivity index (χ1) is 15.8. The van der Waals surface area contributed by atoms with Gasteiger partial charge in [0.15, 0.2) is 0 Å². The van der Waals surface area contributed by atoms with Crippen molar-refractivity contribution in [2.45, 2.75) is 51.6 Å². The predicted molar refractivity (Wildman–Crippen MR) is 115 cm³/mol. The lowest BCUT2D eigenvalue weighted by Gasteiger charge is -2.19. The number of amides is 1. The van der Waals surface area contributed by atoms with Gasteiger partial charge >= 0.3 is 24.4 Å². The van der Waals surface area contributed by atoms with Gasteiger partial charge in [0.2, 0.25) is 0 Å². The number of rotatable bonds is 4. The number of aromatic carboxylic acids is 1. The summed E-state index contributed by atoms with van der Waals surface area (Å²) in [5, 5.41) is 10.0. The average molecular weight is 550 g/mol. The van der Waals surface area contributed by atoms with E-state index < -0.39 is 48.0 Å². The molecular formula is C20H19Cl2F6N3O4. The van der Waals surface area contributed by atoms with E-state index in [-0.39, 0.29) is 27.8 Å². The number of carbonyl (C=O) groups is 2. The first-order valence-electron chi connectivity index (χ1n) is 9.43. The van der Waals surface area contributed by atoms with Crippen LogP contribution in [0.1, 0.15) is 42.4 Å². The van der Waals surface area contributed by atoms with Crippen LogP contribution in [-0.4, -0.2) is 45.1 Å². The normalized spacial score (nSPS) is 11.9. The summed E-state index contributed by atoms with van der Waals surface area (Å²) in [6, 6.07) is 4.38. The quantitative estimate of drug-likeness (QED) is 0.324. The number of nitrogens with one attached hydrogen (secondary N) is 1. The van der Waals surface area contributed by atoms with Crippen LogP contribution in [0.2, 0.25) is 10.3 Å². The maximum atomic E-state index is 12.2. The molecule has 0 radical (unpaired) electrons. The van der Waals surface area contributed by atoms with Crippen molar-refractivity contribution in [3.05, 3.63) is 51.4 Å². The Morgan fingerprint density at radius 3 is 1.71 bits per heavy atom. The molecule has 35 heavy (non-hydrogen) atoms. The zero-order valence-electron chi connectivity index (χ0n) is 18.3. The smallest absolute Gasteiger partial charge is 0.413 e. The molecule has 7 nitrogen and oxygen atoms in total. The molecule has 2 rings (SSSR count). The van der Waals surface area contributed by atoms with Crippen LogP contribution in [0.15, 0.2) is 24.3 Å². The van der Waals surface area contributed by atoms with Crippen LogP contribution < -0.4 is 5.32 Å². The van der Waals surface area contributed by atoms with Gasteiger partial charge in [-0.15, -0.1) is 0 Å². The number of pyridine rings is 2.